The largest absolute Gasteiger partial charge is 0.348 e. The van der Waals surface area contributed by atoms with Crippen LogP contribution in [0.1, 0.15) is 18.2 Å². The molecule has 0 aliphatic carbocycles. The lowest BCUT2D eigenvalue weighted by atomic mass is 10.1. The maximum Gasteiger partial charge on any atom is 0.225 e. The quantitative estimate of drug-likeness (QED) is 0.445. The average Bonchev–Trinajstić information content (AvgIpc) is 2.79. The van der Waals surface area contributed by atoms with Crippen LogP contribution in [0.3, 0.4) is 0 Å². The Morgan fingerprint density at radius 1 is 0.828 bits per heavy atom. The number of aryl methyl sites for hydroxylation is 1. The Hall–Kier alpha value is -3.73. The Bertz CT molecular complexity index is 1060. The van der Waals surface area contributed by atoms with E-state index in [0.717, 1.165) is 34.9 Å². The number of nitrogens with zero attached hydrogens (tertiary/aromatic N) is 3. The number of benzene rings is 2. The van der Waals surface area contributed by atoms with Crippen LogP contribution in [0.15, 0.2) is 85.1 Å². The number of nitrogens with one attached hydrogen (secondary N) is 2. The Morgan fingerprint density at radius 3 is 2.41 bits per heavy atom. The summed E-state index contributed by atoms with van der Waals surface area (Å²) in [5.41, 5.74) is 5.15. The average molecular weight is 381 g/mol. The van der Waals surface area contributed by atoms with Crippen molar-refractivity contribution in [3.63, 3.8) is 0 Å². The lowest BCUT2D eigenvalue weighted by Crippen LogP contribution is -2.07. The van der Waals surface area contributed by atoms with Gasteiger partial charge in [-0.1, -0.05) is 61.5 Å². The molecule has 5 nitrogen and oxygen atoms in total. The third-order valence-electron chi connectivity index (χ3n) is 4.61. The first kappa shape index (κ1) is 18.6. The lowest BCUT2D eigenvalue weighted by molar-refractivity contribution is 1.00. The zero-order valence-corrected chi connectivity index (χ0v) is 16.3. The number of pyridine rings is 1. The summed E-state index contributed by atoms with van der Waals surface area (Å²) < 4.78 is 0. The van der Waals surface area contributed by atoms with Gasteiger partial charge in [-0.05, 0) is 30.2 Å². The molecule has 0 radical (unpaired) electrons. The van der Waals surface area contributed by atoms with Crippen molar-refractivity contribution >= 4 is 17.5 Å². The van der Waals surface area contributed by atoms with Gasteiger partial charge in [0.25, 0.3) is 0 Å². The van der Waals surface area contributed by atoms with E-state index in [4.69, 9.17) is 4.98 Å². The predicted octanol–water partition coefficient (Wildman–Crippen LogP) is 5.46. The van der Waals surface area contributed by atoms with Crippen LogP contribution in [0.2, 0.25) is 0 Å². The fourth-order valence-corrected chi connectivity index (χ4v) is 3.11. The van der Waals surface area contributed by atoms with Crippen molar-refractivity contribution in [3.05, 3.63) is 96.3 Å². The van der Waals surface area contributed by atoms with Crippen molar-refractivity contribution in [2.75, 3.05) is 10.6 Å². The molecule has 0 aliphatic rings. The number of aromatic nitrogens is 3. The molecular weight excluding hydrogens is 358 g/mol. The minimum absolute atomic E-state index is 0.560. The van der Waals surface area contributed by atoms with E-state index >= 15 is 0 Å². The number of hydrogen-bond donors (Lipinski definition) is 2. The highest BCUT2D eigenvalue weighted by molar-refractivity contribution is 5.68. The summed E-state index contributed by atoms with van der Waals surface area (Å²) in [5, 5.41) is 6.77. The van der Waals surface area contributed by atoms with Crippen molar-refractivity contribution in [3.8, 4) is 11.3 Å². The van der Waals surface area contributed by atoms with E-state index in [0.29, 0.717) is 12.5 Å². The maximum atomic E-state index is 4.71. The Balaban J connectivity index is 1.66. The van der Waals surface area contributed by atoms with Crippen molar-refractivity contribution in [2.45, 2.75) is 19.9 Å². The van der Waals surface area contributed by atoms with Crippen LogP contribution in [-0.4, -0.2) is 15.0 Å². The molecule has 144 valence electrons. The number of rotatable bonds is 7. The molecule has 0 saturated heterocycles. The summed E-state index contributed by atoms with van der Waals surface area (Å²) in [6, 6.07) is 26.2. The van der Waals surface area contributed by atoms with Gasteiger partial charge in [0.05, 0.1) is 17.9 Å². The second-order valence-corrected chi connectivity index (χ2v) is 6.64. The first-order valence-corrected chi connectivity index (χ1v) is 9.75. The Kier molecular flexibility index (Phi) is 5.76. The SMILES string of the molecule is CCc1ccccc1Nc1cc(-c2ccccc2)nc(NCc2ccccn2)n1. The maximum absolute atomic E-state index is 4.71. The highest BCUT2D eigenvalue weighted by Crippen LogP contribution is 2.25. The molecule has 2 aromatic heterocycles. The van der Waals surface area contributed by atoms with Crippen molar-refractivity contribution in [1.29, 1.82) is 0 Å². The van der Waals surface area contributed by atoms with Crippen LogP contribution in [0.4, 0.5) is 17.5 Å². The van der Waals surface area contributed by atoms with Gasteiger partial charge >= 0.3 is 0 Å². The predicted molar refractivity (Wildman–Crippen MR) is 118 cm³/mol. The van der Waals surface area contributed by atoms with Gasteiger partial charge in [-0.2, -0.15) is 4.98 Å². The van der Waals surface area contributed by atoms with Gasteiger partial charge in [0, 0.05) is 23.5 Å². The summed E-state index contributed by atoms with van der Waals surface area (Å²) in [6.45, 7) is 2.71. The van der Waals surface area contributed by atoms with E-state index in [1.807, 2.05) is 48.5 Å². The molecule has 2 aromatic carbocycles. The zero-order valence-electron chi connectivity index (χ0n) is 16.3. The zero-order chi connectivity index (χ0) is 19.9. The summed E-state index contributed by atoms with van der Waals surface area (Å²) in [4.78, 5) is 13.8. The molecule has 0 spiro atoms. The molecule has 4 aromatic rings. The molecular formula is C24H23N5. The molecule has 29 heavy (non-hydrogen) atoms. The standard InChI is InChI=1S/C24H23N5/c1-2-18-10-6-7-14-21(18)27-23-16-22(19-11-4-3-5-12-19)28-24(29-23)26-17-20-13-8-9-15-25-20/h3-16H,2,17H2,1H3,(H2,26,27,28,29). The highest BCUT2D eigenvalue weighted by Gasteiger charge is 2.09. The van der Waals surface area contributed by atoms with Crippen LogP contribution in [0.25, 0.3) is 11.3 Å². The fraction of sp³-hybridized carbons (Fsp3) is 0.125. The first-order valence-electron chi connectivity index (χ1n) is 9.75. The molecule has 0 fully saturated rings. The van der Waals surface area contributed by atoms with E-state index in [1.54, 1.807) is 6.20 Å². The van der Waals surface area contributed by atoms with E-state index in [2.05, 4.69) is 57.9 Å². The summed E-state index contributed by atoms with van der Waals surface area (Å²) in [6.07, 6.45) is 2.73. The second-order valence-electron chi connectivity index (χ2n) is 6.64. The van der Waals surface area contributed by atoms with Gasteiger partial charge in [0.1, 0.15) is 5.82 Å². The first-order chi connectivity index (χ1) is 14.3. The van der Waals surface area contributed by atoms with Gasteiger partial charge < -0.3 is 10.6 Å². The summed E-state index contributed by atoms with van der Waals surface area (Å²) in [7, 11) is 0. The van der Waals surface area contributed by atoms with Crippen molar-refractivity contribution < 1.29 is 0 Å². The molecule has 0 saturated carbocycles. The minimum Gasteiger partial charge on any atom is -0.348 e. The molecule has 0 amide bonds. The Labute approximate surface area is 170 Å². The van der Waals surface area contributed by atoms with E-state index in [-0.39, 0.29) is 0 Å². The van der Waals surface area contributed by atoms with Gasteiger partial charge in [-0.15, -0.1) is 0 Å². The van der Waals surface area contributed by atoms with Crippen LogP contribution >= 0.6 is 0 Å². The van der Waals surface area contributed by atoms with Gasteiger partial charge in [0.2, 0.25) is 5.95 Å². The molecule has 4 rings (SSSR count). The van der Waals surface area contributed by atoms with Gasteiger partial charge in [-0.25, -0.2) is 4.98 Å². The molecule has 0 bridgehead atoms. The third-order valence-corrected chi connectivity index (χ3v) is 4.61. The number of hydrogen-bond acceptors (Lipinski definition) is 5. The topological polar surface area (TPSA) is 62.7 Å². The molecule has 0 aliphatic heterocycles. The summed E-state index contributed by atoms with van der Waals surface area (Å²) in [5.74, 6) is 1.32. The van der Waals surface area contributed by atoms with Crippen molar-refractivity contribution in [1.82, 2.24) is 15.0 Å². The van der Waals surface area contributed by atoms with Crippen LogP contribution in [0, 0.1) is 0 Å². The number of para-hydroxylation sites is 1. The fourth-order valence-electron chi connectivity index (χ4n) is 3.11. The molecule has 0 unspecified atom stereocenters. The minimum atomic E-state index is 0.560. The van der Waals surface area contributed by atoms with Gasteiger partial charge in [-0.3, -0.25) is 4.98 Å². The second kappa shape index (κ2) is 8.97. The molecule has 5 heteroatoms. The van der Waals surface area contributed by atoms with E-state index in [1.165, 1.54) is 5.56 Å². The third kappa shape index (κ3) is 4.76. The van der Waals surface area contributed by atoms with E-state index < -0.39 is 0 Å². The smallest absolute Gasteiger partial charge is 0.225 e. The Morgan fingerprint density at radius 2 is 1.62 bits per heavy atom. The van der Waals surface area contributed by atoms with Crippen LogP contribution in [-0.2, 0) is 13.0 Å². The van der Waals surface area contributed by atoms with Gasteiger partial charge in [0.15, 0.2) is 0 Å². The monoisotopic (exact) mass is 381 g/mol. The number of anilines is 3. The normalized spacial score (nSPS) is 10.5. The highest BCUT2D eigenvalue weighted by atomic mass is 15.1. The van der Waals surface area contributed by atoms with Crippen LogP contribution < -0.4 is 10.6 Å². The van der Waals surface area contributed by atoms with Crippen LogP contribution in [0.5, 0.6) is 0 Å². The molecule has 0 atom stereocenters. The van der Waals surface area contributed by atoms with E-state index in [9.17, 15) is 0 Å². The van der Waals surface area contributed by atoms with Crippen molar-refractivity contribution in [2.24, 2.45) is 0 Å². The molecule has 2 N–H and O–H groups in total. The summed E-state index contributed by atoms with van der Waals surface area (Å²) >= 11 is 0. The lowest BCUT2D eigenvalue weighted by Gasteiger charge is -2.13. The molecule has 2 heterocycles.